The van der Waals surface area contributed by atoms with Crippen LogP contribution < -0.4 is 9.62 Å². The largest absolute Gasteiger partial charge is 0.355 e. The minimum absolute atomic E-state index is 0.0122. The number of sulfonamides is 1. The number of nitrogens with zero attached hydrogens (tertiary/aromatic N) is 2. The fourth-order valence-corrected chi connectivity index (χ4v) is 5.66. The average Bonchev–Trinajstić information content (AvgIpc) is 2.88. The van der Waals surface area contributed by atoms with Crippen molar-refractivity contribution in [2.75, 3.05) is 17.4 Å². The predicted molar refractivity (Wildman–Crippen MR) is 155 cm³/mol. The van der Waals surface area contributed by atoms with Gasteiger partial charge >= 0.3 is 0 Å². The Labute approximate surface area is 241 Å². The quantitative estimate of drug-likeness (QED) is 0.303. The first kappa shape index (κ1) is 30.0. The summed E-state index contributed by atoms with van der Waals surface area (Å²) < 4.78 is 29.4. The molecular weight excluding hydrogens is 613 g/mol. The monoisotopic (exact) mass is 639 g/mol. The lowest BCUT2D eigenvalue weighted by Crippen LogP contribution is -2.51. The lowest BCUT2D eigenvalue weighted by molar-refractivity contribution is -0.139. The summed E-state index contributed by atoms with van der Waals surface area (Å²) in [5, 5.41) is 3.12. The molecule has 11 heteroatoms. The first-order chi connectivity index (χ1) is 17.9. The fraction of sp³-hybridized carbons (Fsp3) is 0.259. The van der Waals surface area contributed by atoms with E-state index in [4.69, 9.17) is 23.2 Å². The molecule has 1 atom stereocenters. The number of aryl methyl sites for hydroxylation is 1. The number of benzene rings is 3. The van der Waals surface area contributed by atoms with Gasteiger partial charge in [-0.05, 0) is 68.8 Å². The van der Waals surface area contributed by atoms with Crippen molar-refractivity contribution in [1.29, 1.82) is 0 Å². The van der Waals surface area contributed by atoms with Crippen LogP contribution in [-0.2, 0) is 26.2 Å². The van der Waals surface area contributed by atoms with Gasteiger partial charge in [-0.3, -0.25) is 13.9 Å². The van der Waals surface area contributed by atoms with E-state index in [0.29, 0.717) is 6.54 Å². The molecule has 3 aromatic carbocycles. The molecule has 3 rings (SSSR count). The first-order valence-corrected chi connectivity index (χ1v) is 14.8. The van der Waals surface area contributed by atoms with Gasteiger partial charge < -0.3 is 10.2 Å². The number of carbonyl (C=O) groups excluding carboxylic acids is 2. The van der Waals surface area contributed by atoms with Crippen LogP contribution >= 0.6 is 39.1 Å². The summed E-state index contributed by atoms with van der Waals surface area (Å²) in [7, 11) is -4.19. The summed E-state index contributed by atoms with van der Waals surface area (Å²) in [6.45, 7) is 5.17. The lowest BCUT2D eigenvalue weighted by Gasteiger charge is -2.32. The third-order valence-corrected chi connectivity index (χ3v) is 8.92. The van der Waals surface area contributed by atoms with Gasteiger partial charge in [0.25, 0.3) is 10.0 Å². The fourth-order valence-electron chi connectivity index (χ4n) is 3.70. The van der Waals surface area contributed by atoms with Gasteiger partial charge in [0.05, 0.1) is 20.6 Å². The zero-order valence-electron chi connectivity index (χ0n) is 21.1. The van der Waals surface area contributed by atoms with E-state index in [9.17, 15) is 18.0 Å². The number of nitrogens with one attached hydrogen (secondary N) is 1. The number of hydrogen-bond donors (Lipinski definition) is 1. The number of carbonyl (C=O) groups is 2. The number of likely N-dealkylation sites (N-methyl/N-ethyl adjacent to an activating group) is 1. The van der Waals surface area contributed by atoms with E-state index >= 15 is 0 Å². The van der Waals surface area contributed by atoms with Gasteiger partial charge in [0, 0.05) is 17.6 Å². The molecule has 0 heterocycles. The third-order valence-electron chi connectivity index (χ3n) is 5.86. The Morgan fingerprint density at radius 1 is 0.974 bits per heavy atom. The molecule has 0 fully saturated rings. The van der Waals surface area contributed by atoms with E-state index in [0.717, 1.165) is 19.9 Å². The summed E-state index contributed by atoms with van der Waals surface area (Å²) in [5.74, 6) is -0.908. The van der Waals surface area contributed by atoms with Gasteiger partial charge in [-0.2, -0.15) is 0 Å². The smallest absolute Gasteiger partial charge is 0.264 e. The maximum atomic E-state index is 13.8. The molecule has 0 aliphatic rings. The van der Waals surface area contributed by atoms with Crippen LogP contribution in [0.4, 0.5) is 5.69 Å². The van der Waals surface area contributed by atoms with Gasteiger partial charge in [-0.15, -0.1) is 0 Å². The van der Waals surface area contributed by atoms with E-state index in [-0.39, 0.29) is 33.1 Å². The number of rotatable bonds is 10. The summed E-state index contributed by atoms with van der Waals surface area (Å²) in [5.41, 5.74) is 1.83. The molecule has 0 bridgehead atoms. The highest BCUT2D eigenvalue weighted by Crippen LogP contribution is 2.31. The van der Waals surface area contributed by atoms with Crippen LogP contribution in [-0.4, -0.2) is 44.3 Å². The van der Waals surface area contributed by atoms with Crippen LogP contribution in [0, 0.1) is 6.92 Å². The molecular formula is C27H28BrCl2N3O4S. The molecule has 1 N–H and O–H groups in total. The summed E-state index contributed by atoms with van der Waals surface area (Å²) in [4.78, 5) is 27.9. The minimum atomic E-state index is -4.19. The lowest BCUT2D eigenvalue weighted by atomic mass is 10.1. The van der Waals surface area contributed by atoms with Gasteiger partial charge in [0.1, 0.15) is 12.6 Å². The average molecular weight is 641 g/mol. The standard InChI is InChI=1S/C27H28BrCl2N3O4S/c1-4-31-27(35)19(3)32(16-20-7-9-21(28)10-8-20)26(34)17-33(22-11-14-24(29)25(30)15-22)38(36,37)23-12-5-18(2)6-13-23/h5-15,19H,4,16-17H2,1-3H3,(H,31,35). The van der Waals surface area contributed by atoms with Crippen LogP contribution in [0.1, 0.15) is 25.0 Å². The second-order valence-electron chi connectivity index (χ2n) is 8.64. The molecule has 0 radical (unpaired) electrons. The molecule has 38 heavy (non-hydrogen) atoms. The van der Waals surface area contributed by atoms with E-state index in [1.807, 2.05) is 31.2 Å². The Hall–Kier alpha value is -2.59. The van der Waals surface area contributed by atoms with E-state index in [1.54, 1.807) is 26.0 Å². The van der Waals surface area contributed by atoms with Crippen molar-refractivity contribution in [2.24, 2.45) is 0 Å². The number of hydrogen-bond acceptors (Lipinski definition) is 4. The molecule has 2 amide bonds. The molecule has 0 spiro atoms. The molecule has 1 unspecified atom stereocenters. The zero-order valence-corrected chi connectivity index (χ0v) is 25.0. The Kier molecular flexibility index (Phi) is 10.2. The second kappa shape index (κ2) is 13.0. The van der Waals surface area contributed by atoms with Crippen LogP contribution in [0.5, 0.6) is 0 Å². The molecule has 0 saturated heterocycles. The van der Waals surface area contributed by atoms with Crippen molar-refractivity contribution in [1.82, 2.24) is 10.2 Å². The third kappa shape index (κ3) is 7.28. The SMILES string of the molecule is CCNC(=O)C(C)N(Cc1ccc(Br)cc1)C(=O)CN(c1ccc(Cl)c(Cl)c1)S(=O)(=O)c1ccc(C)cc1. The van der Waals surface area contributed by atoms with Crippen LogP contribution in [0.3, 0.4) is 0 Å². The van der Waals surface area contributed by atoms with Crippen molar-refractivity contribution < 1.29 is 18.0 Å². The summed E-state index contributed by atoms with van der Waals surface area (Å²) >= 11 is 15.7. The Bertz CT molecular complexity index is 1400. The Morgan fingerprint density at radius 3 is 2.18 bits per heavy atom. The zero-order chi connectivity index (χ0) is 28.0. The highest BCUT2D eigenvalue weighted by Gasteiger charge is 2.32. The normalized spacial score (nSPS) is 12.1. The molecule has 0 saturated carbocycles. The van der Waals surface area contributed by atoms with Gasteiger partial charge in [-0.25, -0.2) is 8.42 Å². The summed E-state index contributed by atoms with van der Waals surface area (Å²) in [6, 6.07) is 17.1. The van der Waals surface area contributed by atoms with Gasteiger partial charge in [0.2, 0.25) is 11.8 Å². The highest BCUT2D eigenvalue weighted by molar-refractivity contribution is 9.10. The molecule has 0 aliphatic heterocycles. The molecule has 0 aliphatic carbocycles. The van der Waals surface area contributed by atoms with Crippen LogP contribution in [0.2, 0.25) is 10.0 Å². The van der Waals surface area contributed by atoms with Crippen molar-refractivity contribution in [3.63, 3.8) is 0 Å². The topological polar surface area (TPSA) is 86.8 Å². The van der Waals surface area contributed by atoms with Crippen molar-refractivity contribution in [3.8, 4) is 0 Å². The number of anilines is 1. The molecule has 0 aromatic heterocycles. The predicted octanol–water partition coefficient (Wildman–Crippen LogP) is 5.81. The van der Waals surface area contributed by atoms with Gasteiger partial charge in [-0.1, -0.05) is 69.0 Å². The molecule has 202 valence electrons. The Balaban J connectivity index is 2.05. The maximum Gasteiger partial charge on any atom is 0.264 e. The van der Waals surface area contributed by atoms with E-state index in [1.165, 1.54) is 35.2 Å². The molecule has 3 aromatic rings. The van der Waals surface area contributed by atoms with Crippen LogP contribution in [0.15, 0.2) is 76.1 Å². The minimum Gasteiger partial charge on any atom is -0.355 e. The highest BCUT2D eigenvalue weighted by atomic mass is 79.9. The van der Waals surface area contributed by atoms with Gasteiger partial charge in [0.15, 0.2) is 0 Å². The maximum absolute atomic E-state index is 13.8. The van der Waals surface area contributed by atoms with Crippen molar-refractivity contribution in [2.45, 2.75) is 38.3 Å². The van der Waals surface area contributed by atoms with Crippen LogP contribution in [0.25, 0.3) is 0 Å². The number of halogens is 3. The van der Waals surface area contributed by atoms with E-state index < -0.39 is 28.5 Å². The van der Waals surface area contributed by atoms with Crippen molar-refractivity contribution >= 4 is 66.7 Å². The second-order valence-corrected chi connectivity index (χ2v) is 12.2. The Morgan fingerprint density at radius 2 is 1.61 bits per heavy atom. The van der Waals surface area contributed by atoms with E-state index in [2.05, 4.69) is 21.2 Å². The number of amides is 2. The molecule has 7 nitrogen and oxygen atoms in total. The summed E-state index contributed by atoms with van der Waals surface area (Å²) in [6.07, 6.45) is 0. The first-order valence-electron chi connectivity index (χ1n) is 11.8. The van der Waals surface area contributed by atoms with Crippen molar-refractivity contribution in [3.05, 3.63) is 92.4 Å².